The number of thiol groups is 1. The van der Waals surface area contributed by atoms with Gasteiger partial charge >= 0.3 is 0 Å². The van der Waals surface area contributed by atoms with Crippen LogP contribution in [0.2, 0.25) is 0 Å². The Morgan fingerprint density at radius 2 is 2.50 bits per heavy atom. The Balaban J connectivity index is 2.06. The highest BCUT2D eigenvalue weighted by atomic mass is 33.5. The van der Waals surface area contributed by atoms with Crippen molar-refractivity contribution >= 4 is 32.3 Å². The standard InChI is InChI=1S/C4H8OS3/c6-8-7-4-1-2-5-3-4/h4,6H,1-3H2. The van der Waals surface area contributed by atoms with Crippen LogP contribution in [0.3, 0.4) is 0 Å². The molecule has 0 N–H and O–H groups in total. The molecule has 8 heavy (non-hydrogen) atoms. The van der Waals surface area contributed by atoms with Crippen molar-refractivity contribution in [1.82, 2.24) is 0 Å². The van der Waals surface area contributed by atoms with E-state index in [2.05, 4.69) is 11.7 Å². The molecular formula is C4H8OS3. The van der Waals surface area contributed by atoms with Crippen molar-refractivity contribution in [1.29, 1.82) is 0 Å². The molecule has 0 aromatic carbocycles. The molecule has 0 amide bonds. The Bertz CT molecular complexity index is 62.3. The zero-order valence-electron chi connectivity index (χ0n) is 4.37. The quantitative estimate of drug-likeness (QED) is 0.499. The third-order valence-electron chi connectivity index (χ3n) is 1.07. The normalized spacial score (nSPS) is 28.9. The minimum atomic E-state index is 0.692. The number of rotatable bonds is 2. The first-order chi connectivity index (χ1) is 3.93. The zero-order valence-corrected chi connectivity index (χ0v) is 6.90. The van der Waals surface area contributed by atoms with Crippen molar-refractivity contribution in [2.24, 2.45) is 0 Å². The SMILES string of the molecule is SSSC1CCOC1. The lowest BCUT2D eigenvalue weighted by Gasteiger charge is -1.99. The average Bonchev–Trinajstić information content (AvgIpc) is 2.19. The van der Waals surface area contributed by atoms with Crippen LogP contribution in [0.25, 0.3) is 0 Å². The maximum Gasteiger partial charge on any atom is 0.0594 e. The highest BCUT2D eigenvalue weighted by molar-refractivity contribution is 9.05. The van der Waals surface area contributed by atoms with E-state index in [1.807, 2.05) is 0 Å². The second-order valence-corrected chi connectivity index (χ2v) is 5.03. The van der Waals surface area contributed by atoms with Crippen molar-refractivity contribution in [2.45, 2.75) is 11.7 Å². The summed E-state index contributed by atoms with van der Waals surface area (Å²) in [6.07, 6.45) is 1.19. The van der Waals surface area contributed by atoms with Crippen LogP contribution in [-0.4, -0.2) is 18.5 Å². The fourth-order valence-electron chi connectivity index (χ4n) is 0.650. The van der Waals surface area contributed by atoms with Gasteiger partial charge in [0.15, 0.2) is 0 Å². The monoisotopic (exact) mass is 168 g/mol. The van der Waals surface area contributed by atoms with Crippen LogP contribution >= 0.6 is 32.3 Å². The number of ether oxygens (including phenoxy) is 1. The molecule has 1 atom stereocenters. The van der Waals surface area contributed by atoms with E-state index in [-0.39, 0.29) is 0 Å². The summed E-state index contributed by atoms with van der Waals surface area (Å²) in [5.41, 5.74) is 0. The van der Waals surface area contributed by atoms with Gasteiger partial charge in [-0.1, -0.05) is 22.5 Å². The molecule has 1 unspecified atom stereocenters. The summed E-state index contributed by atoms with van der Waals surface area (Å²) in [7, 11) is 3.32. The van der Waals surface area contributed by atoms with E-state index in [1.165, 1.54) is 16.2 Å². The van der Waals surface area contributed by atoms with Gasteiger partial charge in [0.1, 0.15) is 0 Å². The fraction of sp³-hybridized carbons (Fsp3) is 1.00. The van der Waals surface area contributed by atoms with Crippen LogP contribution in [0.5, 0.6) is 0 Å². The molecule has 1 aliphatic rings. The molecule has 1 aliphatic heterocycles. The van der Waals surface area contributed by atoms with Gasteiger partial charge in [-0.15, -0.1) is 0 Å². The summed E-state index contributed by atoms with van der Waals surface area (Å²) in [6, 6.07) is 0. The Morgan fingerprint density at radius 1 is 1.62 bits per heavy atom. The molecule has 0 aromatic rings. The molecule has 1 heterocycles. The molecule has 0 saturated carbocycles. The minimum absolute atomic E-state index is 0.692. The highest BCUT2D eigenvalue weighted by Gasteiger charge is 2.14. The predicted molar refractivity (Wildman–Crippen MR) is 43.4 cm³/mol. The molecule has 48 valence electrons. The first kappa shape index (κ1) is 7.12. The van der Waals surface area contributed by atoms with E-state index in [0.29, 0.717) is 5.25 Å². The molecule has 1 fully saturated rings. The van der Waals surface area contributed by atoms with Gasteiger partial charge in [-0.25, -0.2) is 0 Å². The Morgan fingerprint density at radius 3 is 3.00 bits per heavy atom. The summed E-state index contributed by atoms with van der Waals surface area (Å²) in [5.74, 6) is 0. The Kier molecular flexibility index (Phi) is 3.50. The molecule has 1 saturated heterocycles. The summed E-state index contributed by atoms with van der Waals surface area (Å²) in [6.45, 7) is 1.85. The third kappa shape index (κ3) is 2.09. The second kappa shape index (κ2) is 3.93. The van der Waals surface area contributed by atoms with Crippen LogP contribution in [0, 0.1) is 0 Å². The van der Waals surface area contributed by atoms with Crippen molar-refractivity contribution in [3.8, 4) is 0 Å². The fourth-order valence-corrected chi connectivity index (χ4v) is 3.03. The lowest BCUT2D eigenvalue weighted by molar-refractivity contribution is 0.199. The first-order valence-corrected chi connectivity index (χ1v) is 5.74. The minimum Gasteiger partial charge on any atom is -0.380 e. The van der Waals surface area contributed by atoms with Crippen LogP contribution < -0.4 is 0 Å². The van der Waals surface area contributed by atoms with E-state index < -0.39 is 0 Å². The van der Waals surface area contributed by atoms with Gasteiger partial charge in [0.05, 0.1) is 6.61 Å². The van der Waals surface area contributed by atoms with Crippen LogP contribution in [0.4, 0.5) is 0 Å². The van der Waals surface area contributed by atoms with Crippen LogP contribution in [0.15, 0.2) is 0 Å². The average molecular weight is 168 g/mol. The van der Waals surface area contributed by atoms with Crippen LogP contribution in [0.1, 0.15) is 6.42 Å². The van der Waals surface area contributed by atoms with E-state index in [9.17, 15) is 0 Å². The zero-order chi connectivity index (χ0) is 5.82. The summed E-state index contributed by atoms with van der Waals surface area (Å²) in [5, 5.41) is 0.692. The molecule has 0 bridgehead atoms. The largest absolute Gasteiger partial charge is 0.380 e. The number of hydrogen-bond donors (Lipinski definition) is 1. The number of hydrogen-bond acceptors (Lipinski definition) is 4. The summed E-state index contributed by atoms with van der Waals surface area (Å²) in [4.78, 5) is 0. The molecule has 0 aliphatic carbocycles. The predicted octanol–water partition coefficient (Wildman–Crippen LogP) is 2.00. The summed E-state index contributed by atoms with van der Waals surface area (Å²) < 4.78 is 5.14. The molecule has 0 aromatic heterocycles. The lowest BCUT2D eigenvalue weighted by Crippen LogP contribution is -1.96. The molecule has 0 spiro atoms. The van der Waals surface area contributed by atoms with E-state index >= 15 is 0 Å². The summed E-state index contributed by atoms with van der Waals surface area (Å²) >= 11 is 4.02. The van der Waals surface area contributed by atoms with E-state index in [0.717, 1.165) is 13.2 Å². The van der Waals surface area contributed by atoms with Gasteiger partial charge in [-0.3, -0.25) is 0 Å². The van der Waals surface area contributed by atoms with Crippen molar-refractivity contribution < 1.29 is 4.74 Å². The Labute approximate surface area is 62.1 Å². The smallest absolute Gasteiger partial charge is 0.0594 e. The lowest BCUT2D eigenvalue weighted by atomic mass is 10.4. The van der Waals surface area contributed by atoms with Crippen molar-refractivity contribution in [2.75, 3.05) is 13.2 Å². The maximum absolute atomic E-state index is 5.14. The van der Waals surface area contributed by atoms with Gasteiger partial charge in [0.2, 0.25) is 0 Å². The van der Waals surface area contributed by atoms with E-state index in [4.69, 9.17) is 4.74 Å². The van der Waals surface area contributed by atoms with E-state index in [1.54, 1.807) is 10.8 Å². The molecule has 0 radical (unpaired) electrons. The molecular weight excluding hydrogens is 160 g/mol. The van der Waals surface area contributed by atoms with Gasteiger partial charge < -0.3 is 4.74 Å². The van der Waals surface area contributed by atoms with Gasteiger partial charge in [0, 0.05) is 11.9 Å². The second-order valence-electron chi connectivity index (χ2n) is 1.66. The van der Waals surface area contributed by atoms with Gasteiger partial charge in [-0.05, 0) is 16.2 Å². The van der Waals surface area contributed by atoms with Crippen LogP contribution in [-0.2, 0) is 4.74 Å². The Hall–Kier alpha value is 1.01. The van der Waals surface area contributed by atoms with Gasteiger partial charge in [0.25, 0.3) is 0 Å². The van der Waals surface area contributed by atoms with Crippen molar-refractivity contribution in [3.63, 3.8) is 0 Å². The maximum atomic E-state index is 5.14. The molecule has 1 nitrogen and oxygen atoms in total. The third-order valence-corrected chi connectivity index (χ3v) is 3.65. The highest BCUT2D eigenvalue weighted by Crippen LogP contribution is 2.33. The van der Waals surface area contributed by atoms with Gasteiger partial charge in [-0.2, -0.15) is 0 Å². The molecule has 4 heteroatoms. The first-order valence-electron chi connectivity index (χ1n) is 2.48. The topological polar surface area (TPSA) is 9.23 Å². The molecule has 1 rings (SSSR count). The van der Waals surface area contributed by atoms with Crippen molar-refractivity contribution in [3.05, 3.63) is 0 Å².